The molecular weight excluding hydrogens is 286 g/mol. The van der Waals surface area contributed by atoms with Crippen molar-refractivity contribution in [1.82, 2.24) is 14.7 Å². The fourth-order valence-corrected chi connectivity index (χ4v) is 2.38. The number of aryl methyl sites for hydroxylation is 3. The van der Waals surface area contributed by atoms with E-state index in [4.69, 9.17) is 11.6 Å². The lowest BCUT2D eigenvalue weighted by atomic mass is 10.1. The van der Waals surface area contributed by atoms with Gasteiger partial charge in [-0.1, -0.05) is 18.2 Å². The molecular formula is C16H20ClN3O. The fraction of sp³-hybridized carbons (Fsp3) is 0.375. The zero-order chi connectivity index (χ0) is 15.4. The summed E-state index contributed by atoms with van der Waals surface area (Å²) in [5, 5.41) is 4.13. The van der Waals surface area contributed by atoms with Crippen LogP contribution in [0, 0.1) is 13.8 Å². The molecule has 0 saturated heterocycles. The van der Waals surface area contributed by atoms with Crippen LogP contribution in [0.1, 0.15) is 22.3 Å². The van der Waals surface area contributed by atoms with Crippen LogP contribution in [-0.2, 0) is 24.9 Å². The maximum absolute atomic E-state index is 12.0. The largest absolute Gasteiger partial charge is 0.333 e. The Labute approximate surface area is 130 Å². The molecule has 0 radical (unpaired) electrons. The van der Waals surface area contributed by atoms with E-state index in [1.54, 1.807) is 15.8 Å². The Balaban J connectivity index is 2.16. The number of hydrogen-bond donors (Lipinski definition) is 0. The van der Waals surface area contributed by atoms with Gasteiger partial charge in [-0.3, -0.25) is 9.48 Å². The molecule has 0 spiro atoms. The number of hydrogen-bond acceptors (Lipinski definition) is 2. The van der Waals surface area contributed by atoms with Gasteiger partial charge in [0.25, 0.3) is 0 Å². The van der Waals surface area contributed by atoms with E-state index in [0.717, 1.165) is 11.1 Å². The van der Waals surface area contributed by atoms with Crippen LogP contribution in [0.2, 0.25) is 0 Å². The standard InChI is InChI=1S/C16H20ClN3O/c1-12-4-5-14(6-13(12)2)10-20(16(21)7-17)11-15-8-18-19(3)9-15/h4-6,8-9H,7,10-11H2,1-3H3. The van der Waals surface area contributed by atoms with E-state index in [1.165, 1.54) is 11.1 Å². The third-order valence-electron chi connectivity index (χ3n) is 3.54. The van der Waals surface area contributed by atoms with E-state index < -0.39 is 0 Å². The maximum Gasteiger partial charge on any atom is 0.238 e. The highest BCUT2D eigenvalue weighted by molar-refractivity contribution is 6.27. The topological polar surface area (TPSA) is 38.1 Å². The van der Waals surface area contributed by atoms with Gasteiger partial charge >= 0.3 is 0 Å². The van der Waals surface area contributed by atoms with Crippen molar-refractivity contribution < 1.29 is 4.79 Å². The molecule has 0 bridgehead atoms. The normalized spacial score (nSPS) is 10.7. The van der Waals surface area contributed by atoms with E-state index in [2.05, 4.69) is 37.1 Å². The minimum absolute atomic E-state index is 0.00882. The van der Waals surface area contributed by atoms with E-state index in [0.29, 0.717) is 13.1 Å². The second kappa shape index (κ2) is 6.76. The molecule has 0 unspecified atom stereocenters. The van der Waals surface area contributed by atoms with Crippen molar-refractivity contribution in [3.05, 3.63) is 52.8 Å². The van der Waals surface area contributed by atoms with Crippen molar-refractivity contribution in [2.75, 3.05) is 5.88 Å². The molecule has 21 heavy (non-hydrogen) atoms. The van der Waals surface area contributed by atoms with Crippen LogP contribution in [0.15, 0.2) is 30.6 Å². The van der Waals surface area contributed by atoms with Crippen molar-refractivity contribution in [2.45, 2.75) is 26.9 Å². The maximum atomic E-state index is 12.0. The fourth-order valence-electron chi connectivity index (χ4n) is 2.21. The highest BCUT2D eigenvalue weighted by atomic mass is 35.5. The third-order valence-corrected chi connectivity index (χ3v) is 3.77. The van der Waals surface area contributed by atoms with Crippen LogP contribution in [0.5, 0.6) is 0 Å². The van der Waals surface area contributed by atoms with Crippen molar-refractivity contribution in [1.29, 1.82) is 0 Å². The van der Waals surface area contributed by atoms with Crippen molar-refractivity contribution in [3.63, 3.8) is 0 Å². The zero-order valence-corrected chi connectivity index (χ0v) is 13.4. The van der Waals surface area contributed by atoms with E-state index in [9.17, 15) is 4.79 Å². The van der Waals surface area contributed by atoms with Crippen LogP contribution < -0.4 is 0 Å². The van der Waals surface area contributed by atoms with Gasteiger partial charge in [0.1, 0.15) is 5.88 Å². The average Bonchev–Trinajstić information content (AvgIpc) is 2.86. The minimum atomic E-state index is -0.0706. The summed E-state index contributed by atoms with van der Waals surface area (Å²) >= 11 is 5.73. The second-order valence-corrected chi connectivity index (χ2v) is 5.59. The lowest BCUT2D eigenvalue weighted by molar-refractivity contribution is -0.129. The van der Waals surface area contributed by atoms with Crippen molar-refractivity contribution in [3.8, 4) is 0 Å². The summed E-state index contributed by atoms with van der Waals surface area (Å²) in [5.41, 5.74) is 4.59. The molecule has 112 valence electrons. The minimum Gasteiger partial charge on any atom is -0.333 e. The Kier molecular flexibility index (Phi) is 5.02. The summed E-state index contributed by atoms with van der Waals surface area (Å²) in [6.45, 7) is 5.23. The van der Waals surface area contributed by atoms with Crippen LogP contribution in [-0.4, -0.2) is 26.5 Å². The highest BCUT2D eigenvalue weighted by Gasteiger charge is 2.14. The predicted octanol–water partition coefficient (Wildman–Crippen LogP) is 2.80. The third kappa shape index (κ3) is 4.08. The first-order chi connectivity index (χ1) is 9.99. The first-order valence-corrected chi connectivity index (χ1v) is 7.40. The van der Waals surface area contributed by atoms with Gasteiger partial charge in [0.15, 0.2) is 0 Å². The summed E-state index contributed by atoms with van der Waals surface area (Å²) in [6, 6.07) is 6.26. The number of rotatable bonds is 5. The van der Waals surface area contributed by atoms with E-state index >= 15 is 0 Å². The number of amides is 1. The lowest BCUT2D eigenvalue weighted by Crippen LogP contribution is -2.31. The van der Waals surface area contributed by atoms with Crippen LogP contribution in [0.3, 0.4) is 0 Å². The smallest absolute Gasteiger partial charge is 0.238 e. The first kappa shape index (κ1) is 15.6. The van der Waals surface area contributed by atoms with Gasteiger partial charge in [-0.05, 0) is 30.5 Å². The van der Waals surface area contributed by atoms with Crippen molar-refractivity contribution in [2.24, 2.45) is 7.05 Å². The Morgan fingerprint density at radius 1 is 1.24 bits per heavy atom. The van der Waals surface area contributed by atoms with Crippen LogP contribution in [0.25, 0.3) is 0 Å². The number of halogens is 1. The van der Waals surface area contributed by atoms with Gasteiger partial charge in [-0.2, -0.15) is 5.10 Å². The average molecular weight is 306 g/mol. The first-order valence-electron chi connectivity index (χ1n) is 6.87. The zero-order valence-electron chi connectivity index (χ0n) is 12.6. The molecule has 1 aromatic heterocycles. The number of benzene rings is 1. The number of carbonyl (C=O) groups is 1. The molecule has 0 aliphatic carbocycles. The summed E-state index contributed by atoms with van der Waals surface area (Å²) in [5.74, 6) is -0.0794. The van der Waals surface area contributed by atoms with Gasteiger partial charge < -0.3 is 4.90 Å². The van der Waals surface area contributed by atoms with Gasteiger partial charge in [0.2, 0.25) is 5.91 Å². The van der Waals surface area contributed by atoms with Gasteiger partial charge in [-0.25, -0.2) is 0 Å². The van der Waals surface area contributed by atoms with Crippen LogP contribution >= 0.6 is 11.6 Å². The summed E-state index contributed by atoms with van der Waals surface area (Å²) in [7, 11) is 1.86. The van der Waals surface area contributed by atoms with Gasteiger partial charge in [0.05, 0.1) is 6.20 Å². The molecule has 1 aromatic carbocycles. The molecule has 1 heterocycles. The molecule has 0 saturated carbocycles. The van der Waals surface area contributed by atoms with Crippen molar-refractivity contribution >= 4 is 17.5 Å². The Bertz CT molecular complexity index is 636. The monoisotopic (exact) mass is 305 g/mol. The molecule has 0 N–H and O–H groups in total. The molecule has 1 amide bonds. The SMILES string of the molecule is Cc1ccc(CN(Cc2cnn(C)c2)C(=O)CCl)cc1C. The number of nitrogens with zero attached hydrogens (tertiary/aromatic N) is 3. The molecule has 0 aliphatic rings. The van der Waals surface area contributed by atoms with Crippen LogP contribution in [0.4, 0.5) is 0 Å². The summed E-state index contributed by atoms with van der Waals surface area (Å²) in [6.07, 6.45) is 3.68. The highest BCUT2D eigenvalue weighted by Crippen LogP contribution is 2.14. The van der Waals surface area contributed by atoms with E-state index in [1.807, 2.05) is 13.2 Å². The Morgan fingerprint density at radius 2 is 1.95 bits per heavy atom. The number of carbonyl (C=O) groups excluding carboxylic acids is 1. The molecule has 2 rings (SSSR count). The Morgan fingerprint density at radius 3 is 2.52 bits per heavy atom. The molecule has 4 nitrogen and oxygen atoms in total. The number of aromatic nitrogens is 2. The molecule has 0 atom stereocenters. The summed E-state index contributed by atoms with van der Waals surface area (Å²) in [4.78, 5) is 13.8. The second-order valence-electron chi connectivity index (χ2n) is 5.32. The molecule has 0 fully saturated rings. The van der Waals surface area contributed by atoms with Gasteiger partial charge in [0, 0.05) is 31.9 Å². The Hall–Kier alpha value is -1.81. The predicted molar refractivity (Wildman–Crippen MR) is 84.1 cm³/mol. The van der Waals surface area contributed by atoms with Gasteiger partial charge in [-0.15, -0.1) is 11.6 Å². The quantitative estimate of drug-likeness (QED) is 0.797. The van der Waals surface area contributed by atoms with E-state index in [-0.39, 0.29) is 11.8 Å². The molecule has 0 aliphatic heterocycles. The molecule has 5 heteroatoms. The summed E-state index contributed by atoms with van der Waals surface area (Å²) < 4.78 is 1.73. The number of alkyl halides is 1. The lowest BCUT2D eigenvalue weighted by Gasteiger charge is -2.21. The molecule has 2 aromatic rings.